The molecule has 1 aromatic rings. The lowest BCUT2D eigenvalue weighted by Gasteiger charge is -2.51. The molecule has 0 spiro atoms. The van der Waals surface area contributed by atoms with Crippen molar-refractivity contribution in [2.45, 2.75) is 45.4 Å². The zero-order valence-electron chi connectivity index (χ0n) is 14.3. The van der Waals surface area contributed by atoms with Crippen LogP contribution < -0.4 is 0 Å². The van der Waals surface area contributed by atoms with E-state index in [1.54, 1.807) is 37.3 Å². The molecule has 6 nitrogen and oxygen atoms in total. The van der Waals surface area contributed by atoms with E-state index in [-0.39, 0.29) is 25.7 Å². The van der Waals surface area contributed by atoms with Gasteiger partial charge in [-0.25, -0.2) is 0 Å². The van der Waals surface area contributed by atoms with Gasteiger partial charge in [-0.15, -0.1) is 0 Å². The summed E-state index contributed by atoms with van der Waals surface area (Å²) in [6.45, 7) is 1.60. The molecule has 25 heavy (non-hydrogen) atoms. The van der Waals surface area contributed by atoms with Crippen molar-refractivity contribution in [2.75, 3.05) is 0 Å². The Labute approximate surface area is 146 Å². The first-order valence-corrected chi connectivity index (χ1v) is 8.55. The molecular formula is C19H24O6. The number of hydrogen-bond acceptors (Lipinski definition) is 3. The predicted molar refractivity (Wildman–Crippen MR) is 90.2 cm³/mol. The van der Waals surface area contributed by atoms with Crippen LogP contribution in [0.25, 0.3) is 0 Å². The Morgan fingerprint density at radius 3 is 2.08 bits per heavy atom. The number of carbonyl (C=O) groups is 3. The highest BCUT2D eigenvalue weighted by Crippen LogP contribution is 2.58. The minimum atomic E-state index is -1.83. The van der Waals surface area contributed by atoms with Crippen LogP contribution in [0, 0.1) is 16.7 Å². The fourth-order valence-corrected chi connectivity index (χ4v) is 4.56. The molecule has 0 aromatic heterocycles. The highest BCUT2D eigenvalue weighted by molar-refractivity contribution is 5.91. The number of carboxylic acid groups (broad SMARTS) is 3. The number of hydrogen-bond donors (Lipinski definition) is 3. The van der Waals surface area contributed by atoms with Gasteiger partial charge in [-0.1, -0.05) is 50.1 Å². The third-order valence-electron chi connectivity index (χ3n) is 5.72. The summed E-state index contributed by atoms with van der Waals surface area (Å²) in [5.41, 5.74) is -2.76. The minimum absolute atomic E-state index is 0.0131. The molecule has 0 radical (unpaired) electrons. The van der Waals surface area contributed by atoms with E-state index >= 15 is 0 Å². The van der Waals surface area contributed by atoms with Crippen molar-refractivity contribution < 1.29 is 29.7 Å². The predicted octanol–water partition coefficient (Wildman–Crippen LogP) is 3.06. The maximum atomic E-state index is 12.4. The summed E-state index contributed by atoms with van der Waals surface area (Å²) >= 11 is 0. The Balaban J connectivity index is 2.69. The van der Waals surface area contributed by atoms with Crippen LogP contribution in [0.4, 0.5) is 0 Å². The second-order valence-electron chi connectivity index (χ2n) is 6.83. The van der Waals surface area contributed by atoms with Crippen molar-refractivity contribution >= 4 is 17.9 Å². The van der Waals surface area contributed by atoms with Crippen LogP contribution in [-0.2, 0) is 20.8 Å². The average molecular weight is 348 g/mol. The van der Waals surface area contributed by atoms with Crippen LogP contribution in [-0.4, -0.2) is 33.2 Å². The van der Waals surface area contributed by atoms with Gasteiger partial charge in [0.05, 0.1) is 16.7 Å². The molecule has 136 valence electrons. The van der Waals surface area contributed by atoms with E-state index in [1.165, 1.54) is 0 Å². The molecule has 3 atom stereocenters. The highest BCUT2D eigenvalue weighted by atomic mass is 16.4. The van der Waals surface area contributed by atoms with Crippen LogP contribution >= 0.6 is 0 Å². The molecular weight excluding hydrogens is 324 g/mol. The van der Waals surface area contributed by atoms with Crippen molar-refractivity contribution in [3.63, 3.8) is 0 Å². The average Bonchev–Trinajstić information content (AvgIpc) is 2.57. The summed E-state index contributed by atoms with van der Waals surface area (Å²) in [4.78, 5) is 36.6. The van der Waals surface area contributed by atoms with Crippen molar-refractivity contribution in [3.05, 3.63) is 35.9 Å². The number of benzene rings is 1. The largest absolute Gasteiger partial charge is 0.481 e. The molecule has 1 aliphatic carbocycles. The normalized spacial score (nSPS) is 27.4. The third kappa shape index (κ3) is 3.01. The summed E-state index contributed by atoms with van der Waals surface area (Å²) in [6.07, 6.45) is 1.40. The zero-order valence-corrected chi connectivity index (χ0v) is 14.3. The molecule has 3 unspecified atom stereocenters. The first-order chi connectivity index (χ1) is 11.8. The SMILES string of the molecule is CCC(C(=O)O)C1(C(=O)O)CCCCC1(Cc1ccccc1)C(=O)O. The summed E-state index contributed by atoms with van der Waals surface area (Å²) < 4.78 is 0. The Bertz CT molecular complexity index is 655. The van der Waals surface area contributed by atoms with Crippen LogP contribution in [0.15, 0.2) is 30.3 Å². The molecule has 0 amide bonds. The zero-order chi connectivity index (χ0) is 18.7. The van der Waals surface area contributed by atoms with Crippen molar-refractivity contribution in [1.82, 2.24) is 0 Å². The van der Waals surface area contributed by atoms with Crippen molar-refractivity contribution in [1.29, 1.82) is 0 Å². The van der Waals surface area contributed by atoms with E-state index in [9.17, 15) is 29.7 Å². The highest BCUT2D eigenvalue weighted by Gasteiger charge is 2.66. The molecule has 1 aliphatic rings. The van der Waals surface area contributed by atoms with E-state index < -0.39 is 34.7 Å². The van der Waals surface area contributed by atoms with Gasteiger partial charge >= 0.3 is 17.9 Å². The second-order valence-corrected chi connectivity index (χ2v) is 6.83. The van der Waals surface area contributed by atoms with Crippen LogP contribution in [0.2, 0.25) is 0 Å². The van der Waals surface area contributed by atoms with E-state index in [4.69, 9.17) is 0 Å². The van der Waals surface area contributed by atoms with Gasteiger partial charge in [0.1, 0.15) is 0 Å². The summed E-state index contributed by atoms with van der Waals surface area (Å²) in [5, 5.41) is 29.8. The van der Waals surface area contributed by atoms with Gasteiger partial charge in [0.2, 0.25) is 0 Å². The lowest BCUT2D eigenvalue weighted by atomic mass is 9.48. The monoisotopic (exact) mass is 348 g/mol. The van der Waals surface area contributed by atoms with Gasteiger partial charge < -0.3 is 15.3 Å². The molecule has 0 heterocycles. The van der Waals surface area contributed by atoms with Gasteiger partial charge in [0, 0.05) is 0 Å². The lowest BCUT2D eigenvalue weighted by molar-refractivity contribution is -0.192. The number of carboxylic acids is 3. The Kier molecular flexibility index (Phi) is 5.50. The fourth-order valence-electron chi connectivity index (χ4n) is 4.56. The standard InChI is InChI=1S/C19H24O6/c1-2-14(15(20)21)19(17(24)25)11-7-6-10-18(19,16(22)23)12-13-8-4-3-5-9-13/h3-5,8-9,14H,2,6-7,10-12H2,1H3,(H,20,21)(H,22,23)(H,24,25). The summed E-state index contributed by atoms with van der Waals surface area (Å²) in [6, 6.07) is 8.85. The molecule has 0 saturated heterocycles. The number of aliphatic carboxylic acids is 3. The van der Waals surface area contributed by atoms with E-state index in [2.05, 4.69) is 0 Å². The summed E-state index contributed by atoms with van der Waals surface area (Å²) in [5.74, 6) is -5.03. The van der Waals surface area contributed by atoms with E-state index in [1.807, 2.05) is 0 Å². The minimum Gasteiger partial charge on any atom is -0.481 e. The van der Waals surface area contributed by atoms with Crippen molar-refractivity contribution in [2.24, 2.45) is 16.7 Å². The smallest absolute Gasteiger partial charge is 0.311 e. The van der Waals surface area contributed by atoms with Crippen molar-refractivity contribution in [3.8, 4) is 0 Å². The second kappa shape index (κ2) is 7.25. The molecule has 1 fully saturated rings. The molecule has 0 bridgehead atoms. The Morgan fingerprint density at radius 2 is 1.60 bits per heavy atom. The topological polar surface area (TPSA) is 112 Å². The molecule has 0 aliphatic heterocycles. The molecule has 1 saturated carbocycles. The lowest BCUT2D eigenvalue weighted by Crippen LogP contribution is -2.60. The van der Waals surface area contributed by atoms with Gasteiger partial charge in [-0.05, 0) is 31.2 Å². The first kappa shape index (κ1) is 19.0. The Morgan fingerprint density at radius 1 is 1.00 bits per heavy atom. The fraction of sp³-hybridized carbons (Fsp3) is 0.526. The van der Waals surface area contributed by atoms with Gasteiger partial charge in [0.15, 0.2) is 0 Å². The van der Waals surface area contributed by atoms with E-state index in [0.29, 0.717) is 18.4 Å². The van der Waals surface area contributed by atoms with Gasteiger partial charge in [-0.2, -0.15) is 0 Å². The molecule has 2 rings (SSSR count). The number of rotatable bonds is 7. The molecule has 3 N–H and O–H groups in total. The summed E-state index contributed by atoms with van der Waals surface area (Å²) in [7, 11) is 0. The van der Waals surface area contributed by atoms with Gasteiger partial charge in [0.25, 0.3) is 0 Å². The molecule has 6 heteroatoms. The maximum absolute atomic E-state index is 12.4. The Hall–Kier alpha value is -2.37. The molecule has 1 aromatic carbocycles. The van der Waals surface area contributed by atoms with Crippen LogP contribution in [0.1, 0.15) is 44.6 Å². The third-order valence-corrected chi connectivity index (χ3v) is 5.72. The quantitative estimate of drug-likeness (QED) is 0.698. The van der Waals surface area contributed by atoms with E-state index in [0.717, 1.165) is 0 Å². The van der Waals surface area contributed by atoms with Crippen LogP contribution in [0.5, 0.6) is 0 Å². The first-order valence-electron chi connectivity index (χ1n) is 8.55. The van der Waals surface area contributed by atoms with Gasteiger partial charge in [-0.3, -0.25) is 14.4 Å². The maximum Gasteiger partial charge on any atom is 0.311 e. The van der Waals surface area contributed by atoms with Crippen LogP contribution in [0.3, 0.4) is 0 Å².